The zero-order valence-electron chi connectivity index (χ0n) is 18.3. The van der Waals surface area contributed by atoms with Gasteiger partial charge in [-0.05, 0) is 24.7 Å². The average Bonchev–Trinajstić information content (AvgIpc) is 2.62. The Hall–Kier alpha value is -2.73. The van der Waals surface area contributed by atoms with Crippen LogP contribution in [0.3, 0.4) is 0 Å². The number of amides is 3. The van der Waals surface area contributed by atoms with E-state index in [0.29, 0.717) is 6.42 Å². The quantitative estimate of drug-likeness (QED) is 0.164. The molecule has 0 aromatic rings. The summed E-state index contributed by atoms with van der Waals surface area (Å²) < 4.78 is 0. The molecule has 0 aliphatic rings. The molecule has 4 unspecified atom stereocenters. The first-order valence-electron chi connectivity index (χ1n) is 10.0. The van der Waals surface area contributed by atoms with Crippen molar-refractivity contribution in [3.05, 3.63) is 0 Å². The number of aliphatic hydroxyl groups excluding tert-OH is 1. The lowest BCUT2D eigenvalue weighted by molar-refractivity contribution is -0.147. The lowest BCUT2D eigenvalue weighted by Gasteiger charge is -2.25. The molecule has 0 aromatic heterocycles. The standard InChI is InChI=1S/C19H34N4O8/c1-9(2)5-11(20)16(27)23-14(8-24)18(29)21-12(6-10(3)4)17(28)22-13(19(30)31)7-15(25)26/h9-14,24H,5-8,20H2,1-4H3,(H,21,29)(H,22,28)(H,23,27)(H,25,26)(H,30,31). The first kappa shape index (κ1) is 28.3. The summed E-state index contributed by atoms with van der Waals surface area (Å²) >= 11 is 0. The lowest BCUT2D eigenvalue weighted by Crippen LogP contribution is -2.58. The highest BCUT2D eigenvalue weighted by Gasteiger charge is 2.31. The van der Waals surface area contributed by atoms with E-state index >= 15 is 0 Å². The van der Waals surface area contributed by atoms with E-state index in [9.17, 15) is 29.1 Å². The van der Waals surface area contributed by atoms with Gasteiger partial charge in [-0.3, -0.25) is 19.2 Å². The van der Waals surface area contributed by atoms with Gasteiger partial charge in [0.1, 0.15) is 18.1 Å². The summed E-state index contributed by atoms with van der Waals surface area (Å²) in [6, 6.07) is -5.15. The third-order valence-electron chi connectivity index (χ3n) is 4.21. The summed E-state index contributed by atoms with van der Waals surface area (Å²) in [5.74, 6) is -5.31. The second kappa shape index (κ2) is 13.5. The fraction of sp³-hybridized carbons (Fsp3) is 0.737. The van der Waals surface area contributed by atoms with Crippen LogP contribution in [0.2, 0.25) is 0 Å². The highest BCUT2D eigenvalue weighted by Crippen LogP contribution is 2.07. The maximum absolute atomic E-state index is 12.5. The highest BCUT2D eigenvalue weighted by molar-refractivity contribution is 5.94. The van der Waals surface area contributed by atoms with Gasteiger partial charge >= 0.3 is 11.9 Å². The largest absolute Gasteiger partial charge is 0.481 e. The first-order valence-corrected chi connectivity index (χ1v) is 10.0. The van der Waals surface area contributed by atoms with E-state index in [1.165, 1.54) is 0 Å². The van der Waals surface area contributed by atoms with Crippen molar-refractivity contribution < 1.29 is 39.3 Å². The molecular formula is C19H34N4O8. The van der Waals surface area contributed by atoms with Gasteiger partial charge in [-0.25, -0.2) is 4.79 Å². The van der Waals surface area contributed by atoms with Crippen LogP contribution < -0.4 is 21.7 Å². The van der Waals surface area contributed by atoms with Gasteiger partial charge in [0.2, 0.25) is 17.7 Å². The second-order valence-corrected chi connectivity index (χ2v) is 8.17. The van der Waals surface area contributed by atoms with Gasteiger partial charge in [-0.1, -0.05) is 27.7 Å². The number of carbonyl (C=O) groups is 5. The summed E-state index contributed by atoms with van der Waals surface area (Å²) in [7, 11) is 0. The minimum absolute atomic E-state index is 0.0968. The number of nitrogens with two attached hydrogens (primary N) is 1. The molecule has 0 aliphatic carbocycles. The van der Waals surface area contributed by atoms with E-state index in [1.807, 2.05) is 13.8 Å². The fourth-order valence-corrected chi connectivity index (χ4v) is 2.71. The average molecular weight is 447 g/mol. The Kier molecular flexibility index (Phi) is 12.4. The van der Waals surface area contributed by atoms with Crippen molar-refractivity contribution in [1.29, 1.82) is 0 Å². The molecule has 0 saturated heterocycles. The SMILES string of the molecule is CC(C)CC(N)C(=O)NC(CO)C(=O)NC(CC(C)C)C(=O)NC(CC(=O)O)C(=O)O. The zero-order valence-corrected chi connectivity index (χ0v) is 18.3. The van der Waals surface area contributed by atoms with Gasteiger partial charge < -0.3 is 37.0 Å². The Morgan fingerprint density at radius 3 is 1.61 bits per heavy atom. The van der Waals surface area contributed by atoms with E-state index in [0.717, 1.165) is 0 Å². The molecule has 0 spiro atoms. The Morgan fingerprint density at radius 1 is 0.742 bits per heavy atom. The van der Waals surface area contributed by atoms with Crippen LogP contribution in [0.1, 0.15) is 47.0 Å². The van der Waals surface area contributed by atoms with Gasteiger partial charge in [0.05, 0.1) is 19.1 Å². The molecule has 0 saturated carbocycles. The first-order chi connectivity index (χ1) is 14.3. The normalized spacial score (nSPS) is 15.0. The van der Waals surface area contributed by atoms with Crippen molar-refractivity contribution in [2.45, 2.75) is 71.1 Å². The van der Waals surface area contributed by atoms with Crippen molar-refractivity contribution in [2.75, 3.05) is 6.61 Å². The molecule has 12 heteroatoms. The molecule has 8 N–H and O–H groups in total. The predicted octanol–water partition coefficient (Wildman–Crippen LogP) is -1.59. The predicted molar refractivity (Wildman–Crippen MR) is 110 cm³/mol. The molecular weight excluding hydrogens is 412 g/mol. The molecule has 0 rings (SSSR count). The molecule has 31 heavy (non-hydrogen) atoms. The number of carbonyl (C=O) groups excluding carboxylic acids is 3. The number of nitrogens with one attached hydrogen (secondary N) is 3. The molecule has 4 atom stereocenters. The third kappa shape index (κ3) is 11.3. The Morgan fingerprint density at radius 2 is 1.19 bits per heavy atom. The summed E-state index contributed by atoms with van der Waals surface area (Å²) in [4.78, 5) is 59.2. The number of aliphatic carboxylic acids is 2. The van der Waals surface area contributed by atoms with E-state index in [1.54, 1.807) is 13.8 Å². The van der Waals surface area contributed by atoms with Crippen LogP contribution in [0.25, 0.3) is 0 Å². The van der Waals surface area contributed by atoms with Crippen LogP contribution in [0, 0.1) is 11.8 Å². The number of hydrogen-bond acceptors (Lipinski definition) is 7. The van der Waals surface area contributed by atoms with E-state index < -0.39 is 66.9 Å². The van der Waals surface area contributed by atoms with Crippen LogP contribution in [0.15, 0.2) is 0 Å². The van der Waals surface area contributed by atoms with Crippen molar-refractivity contribution in [3.8, 4) is 0 Å². The fourth-order valence-electron chi connectivity index (χ4n) is 2.71. The van der Waals surface area contributed by atoms with Gasteiger partial charge in [-0.2, -0.15) is 0 Å². The summed E-state index contributed by atoms with van der Waals surface area (Å²) in [6.45, 7) is 6.50. The zero-order chi connectivity index (χ0) is 24.3. The van der Waals surface area contributed by atoms with Crippen LogP contribution in [0.4, 0.5) is 0 Å². The van der Waals surface area contributed by atoms with Crippen LogP contribution in [-0.4, -0.2) is 75.8 Å². The summed E-state index contributed by atoms with van der Waals surface area (Å²) in [5.41, 5.74) is 5.77. The minimum atomic E-state index is -1.68. The summed E-state index contributed by atoms with van der Waals surface area (Å²) in [6.07, 6.45) is -0.368. The highest BCUT2D eigenvalue weighted by atomic mass is 16.4. The topological polar surface area (TPSA) is 208 Å². The van der Waals surface area contributed by atoms with Crippen LogP contribution in [0.5, 0.6) is 0 Å². The molecule has 0 fully saturated rings. The molecule has 0 aliphatic heterocycles. The van der Waals surface area contributed by atoms with Crippen molar-refractivity contribution in [3.63, 3.8) is 0 Å². The molecule has 0 radical (unpaired) electrons. The number of carboxylic acids is 2. The van der Waals surface area contributed by atoms with Crippen LogP contribution in [-0.2, 0) is 24.0 Å². The molecule has 0 aromatic carbocycles. The lowest BCUT2D eigenvalue weighted by atomic mass is 10.0. The number of carboxylic acid groups (broad SMARTS) is 2. The Balaban J connectivity index is 5.27. The van der Waals surface area contributed by atoms with Crippen molar-refractivity contribution >= 4 is 29.7 Å². The number of aliphatic hydroxyl groups is 1. The number of rotatable bonds is 14. The third-order valence-corrected chi connectivity index (χ3v) is 4.21. The van der Waals surface area contributed by atoms with Gasteiger partial charge in [-0.15, -0.1) is 0 Å². The van der Waals surface area contributed by atoms with E-state index in [4.69, 9.17) is 15.9 Å². The monoisotopic (exact) mass is 446 g/mol. The maximum Gasteiger partial charge on any atom is 0.326 e. The Labute approximate surface area is 180 Å². The second-order valence-electron chi connectivity index (χ2n) is 8.17. The molecule has 3 amide bonds. The van der Waals surface area contributed by atoms with Gasteiger partial charge in [0, 0.05) is 0 Å². The molecule has 0 bridgehead atoms. The Bertz CT molecular complexity index is 653. The van der Waals surface area contributed by atoms with Crippen molar-refractivity contribution in [1.82, 2.24) is 16.0 Å². The maximum atomic E-state index is 12.5. The molecule has 0 heterocycles. The summed E-state index contributed by atoms with van der Waals surface area (Å²) in [5, 5.41) is 34.2. The molecule has 12 nitrogen and oxygen atoms in total. The van der Waals surface area contributed by atoms with Gasteiger partial charge in [0.15, 0.2) is 0 Å². The van der Waals surface area contributed by atoms with Gasteiger partial charge in [0.25, 0.3) is 0 Å². The van der Waals surface area contributed by atoms with E-state index in [2.05, 4.69) is 16.0 Å². The number of hydrogen-bond donors (Lipinski definition) is 7. The van der Waals surface area contributed by atoms with Crippen LogP contribution >= 0.6 is 0 Å². The van der Waals surface area contributed by atoms with Crippen molar-refractivity contribution in [2.24, 2.45) is 17.6 Å². The molecule has 178 valence electrons. The van der Waals surface area contributed by atoms with E-state index in [-0.39, 0.29) is 18.3 Å². The smallest absolute Gasteiger partial charge is 0.326 e. The minimum Gasteiger partial charge on any atom is -0.481 e.